The van der Waals surface area contributed by atoms with Crippen molar-refractivity contribution >= 4 is 0 Å². The maximum atomic E-state index is 5.52. The average Bonchev–Trinajstić information content (AvgIpc) is 2.90. The minimum Gasteiger partial charge on any atom is -0.379 e. The molecule has 0 aliphatic carbocycles. The summed E-state index contributed by atoms with van der Waals surface area (Å²) in [7, 11) is 0. The molecule has 2 aliphatic rings. The number of hydrogen-bond donors (Lipinski definition) is 1. The van der Waals surface area contributed by atoms with Gasteiger partial charge >= 0.3 is 0 Å². The summed E-state index contributed by atoms with van der Waals surface area (Å²) in [6.45, 7) is 4.01. The lowest BCUT2D eigenvalue weighted by Crippen LogP contribution is -2.28. The van der Waals surface area contributed by atoms with Gasteiger partial charge in [0.25, 0.3) is 0 Å². The molecule has 2 aliphatic heterocycles. The van der Waals surface area contributed by atoms with Crippen LogP contribution in [-0.4, -0.2) is 36.1 Å². The number of aromatic nitrogens is 2. The number of ether oxygens (including phenoxy) is 1. The highest BCUT2D eigenvalue weighted by Crippen LogP contribution is 2.25. The molecule has 0 spiro atoms. The highest BCUT2D eigenvalue weighted by atomic mass is 16.5. The van der Waals surface area contributed by atoms with Gasteiger partial charge in [-0.15, -0.1) is 0 Å². The molecule has 1 aromatic rings. The van der Waals surface area contributed by atoms with Crippen LogP contribution in [0.5, 0.6) is 0 Å². The van der Waals surface area contributed by atoms with E-state index in [1.54, 1.807) is 0 Å². The topological polar surface area (TPSA) is 39.1 Å². The lowest BCUT2D eigenvalue weighted by Gasteiger charge is -2.23. The quantitative estimate of drug-likeness (QED) is 0.848. The maximum Gasteiger partial charge on any atom is 0.0753 e. The Morgan fingerprint density at radius 2 is 2.35 bits per heavy atom. The summed E-state index contributed by atoms with van der Waals surface area (Å²) in [5.74, 6) is 0.655. The summed E-state index contributed by atoms with van der Waals surface area (Å²) in [5.41, 5.74) is 1.39. The highest BCUT2D eigenvalue weighted by Gasteiger charge is 2.20. The van der Waals surface area contributed by atoms with Crippen LogP contribution in [0, 0.1) is 0 Å². The third-order valence-corrected chi connectivity index (χ3v) is 3.90. The summed E-state index contributed by atoms with van der Waals surface area (Å²) >= 11 is 0. The van der Waals surface area contributed by atoms with E-state index in [2.05, 4.69) is 21.3 Å². The molecule has 0 aromatic carbocycles. The van der Waals surface area contributed by atoms with E-state index < -0.39 is 0 Å². The van der Waals surface area contributed by atoms with Gasteiger partial charge in [-0.25, -0.2) is 0 Å². The number of rotatable bonds is 2. The Kier molecular flexibility index (Phi) is 3.43. The first-order valence-electron chi connectivity index (χ1n) is 6.76. The molecule has 0 saturated carbocycles. The fourth-order valence-corrected chi connectivity index (χ4v) is 2.83. The molecule has 3 heterocycles. The summed E-state index contributed by atoms with van der Waals surface area (Å²) in [5, 5.41) is 7.98. The Hall–Kier alpha value is -0.870. The van der Waals surface area contributed by atoms with Crippen LogP contribution in [0.25, 0.3) is 0 Å². The second-order valence-corrected chi connectivity index (χ2v) is 5.17. The second kappa shape index (κ2) is 5.19. The number of piperidine rings is 1. The van der Waals surface area contributed by atoms with Crippen LogP contribution in [0.2, 0.25) is 0 Å². The van der Waals surface area contributed by atoms with Crippen LogP contribution in [0.4, 0.5) is 0 Å². The molecule has 17 heavy (non-hydrogen) atoms. The van der Waals surface area contributed by atoms with Crippen LogP contribution in [0.15, 0.2) is 12.4 Å². The maximum absolute atomic E-state index is 5.52. The van der Waals surface area contributed by atoms with Gasteiger partial charge in [-0.05, 0) is 43.7 Å². The molecular formula is C13H21N3O. The third-order valence-electron chi connectivity index (χ3n) is 3.90. The average molecular weight is 235 g/mol. The van der Waals surface area contributed by atoms with Crippen LogP contribution < -0.4 is 5.32 Å². The first kappa shape index (κ1) is 11.2. The van der Waals surface area contributed by atoms with Crippen molar-refractivity contribution in [2.24, 2.45) is 0 Å². The van der Waals surface area contributed by atoms with Gasteiger partial charge in [0.2, 0.25) is 0 Å². The summed E-state index contributed by atoms with van der Waals surface area (Å²) in [6, 6.07) is 0.453. The van der Waals surface area contributed by atoms with E-state index in [0.29, 0.717) is 12.0 Å². The van der Waals surface area contributed by atoms with Gasteiger partial charge in [0, 0.05) is 19.3 Å². The van der Waals surface area contributed by atoms with Crippen LogP contribution in [0.3, 0.4) is 0 Å². The standard InChI is InChI=1S/C13H21N3O/c1-3-11(7-14-5-1)12-8-15-16(9-12)13-4-2-6-17-10-13/h8-9,11,13-14H,1-7,10H2. The molecule has 2 unspecified atom stereocenters. The van der Waals surface area contributed by atoms with Gasteiger partial charge in [-0.1, -0.05) is 0 Å². The molecule has 0 bridgehead atoms. The Labute approximate surface area is 102 Å². The molecule has 0 amide bonds. The van der Waals surface area contributed by atoms with Crippen LogP contribution >= 0.6 is 0 Å². The van der Waals surface area contributed by atoms with Gasteiger partial charge in [0.15, 0.2) is 0 Å². The molecular weight excluding hydrogens is 214 g/mol. The summed E-state index contributed by atoms with van der Waals surface area (Å²) < 4.78 is 7.63. The van der Waals surface area contributed by atoms with E-state index in [1.165, 1.54) is 31.4 Å². The molecule has 1 N–H and O–H groups in total. The minimum absolute atomic E-state index is 0.453. The highest BCUT2D eigenvalue weighted by molar-refractivity contribution is 5.13. The third kappa shape index (κ3) is 2.53. The predicted octanol–water partition coefficient (Wildman–Crippen LogP) is 1.70. The van der Waals surface area contributed by atoms with Crippen LogP contribution in [0.1, 0.15) is 43.2 Å². The monoisotopic (exact) mass is 235 g/mol. The van der Waals surface area contributed by atoms with E-state index in [9.17, 15) is 0 Å². The van der Waals surface area contributed by atoms with E-state index in [0.717, 1.165) is 26.2 Å². The lowest BCUT2D eigenvalue weighted by molar-refractivity contribution is 0.0549. The van der Waals surface area contributed by atoms with Crippen LogP contribution in [-0.2, 0) is 4.74 Å². The van der Waals surface area contributed by atoms with Crippen molar-refractivity contribution in [3.8, 4) is 0 Å². The Balaban J connectivity index is 1.68. The molecule has 2 fully saturated rings. The van der Waals surface area contributed by atoms with Crippen molar-refractivity contribution in [2.45, 2.75) is 37.6 Å². The number of nitrogens with zero attached hydrogens (tertiary/aromatic N) is 2. The smallest absolute Gasteiger partial charge is 0.0753 e. The molecule has 1 aromatic heterocycles. The van der Waals surface area contributed by atoms with Gasteiger partial charge in [-0.2, -0.15) is 5.10 Å². The van der Waals surface area contributed by atoms with E-state index >= 15 is 0 Å². The molecule has 3 rings (SSSR count). The van der Waals surface area contributed by atoms with Gasteiger partial charge < -0.3 is 10.1 Å². The first-order valence-corrected chi connectivity index (χ1v) is 6.76. The van der Waals surface area contributed by atoms with E-state index in [1.807, 2.05) is 6.20 Å². The zero-order valence-electron chi connectivity index (χ0n) is 10.3. The van der Waals surface area contributed by atoms with Crippen molar-refractivity contribution in [3.05, 3.63) is 18.0 Å². The zero-order chi connectivity index (χ0) is 11.5. The van der Waals surface area contributed by atoms with Gasteiger partial charge in [0.05, 0.1) is 18.8 Å². The molecule has 2 saturated heterocycles. The fourth-order valence-electron chi connectivity index (χ4n) is 2.83. The molecule has 4 nitrogen and oxygen atoms in total. The lowest BCUT2D eigenvalue weighted by atomic mass is 9.94. The molecule has 0 radical (unpaired) electrons. The second-order valence-electron chi connectivity index (χ2n) is 5.17. The number of nitrogens with one attached hydrogen (secondary N) is 1. The molecule has 2 atom stereocenters. The zero-order valence-corrected chi connectivity index (χ0v) is 10.3. The van der Waals surface area contributed by atoms with E-state index in [-0.39, 0.29) is 0 Å². The fraction of sp³-hybridized carbons (Fsp3) is 0.769. The molecule has 4 heteroatoms. The largest absolute Gasteiger partial charge is 0.379 e. The Morgan fingerprint density at radius 1 is 1.35 bits per heavy atom. The van der Waals surface area contributed by atoms with Crippen molar-refractivity contribution in [1.29, 1.82) is 0 Å². The normalized spacial score (nSPS) is 30.4. The van der Waals surface area contributed by atoms with Crippen molar-refractivity contribution in [2.75, 3.05) is 26.3 Å². The van der Waals surface area contributed by atoms with E-state index in [4.69, 9.17) is 4.74 Å². The first-order chi connectivity index (χ1) is 8.43. The minimum atomic E-state index is 0.453. The number of hydrogen-bond acceptors (Lipinski definition) is 3. The predicted molar refractivity (Wildman–Crippen MR) is 66.2 cm³/mol. The van der Waals surface area contributed by atoms with Gasteiger partial charge in [-0.3, -0.25) is 4.68 Å². The van der Waals surface area contributed by atoms with Crippen molar-refractivity contribution in [1.82, 2.24) is 15.1 Å². The van der Waals surface area contributed by atoms with Gasteiger partial charge in [0.1, 0.15) is 0 Å². The Morgan fingerprint density at radius 3 is 3.12 bits per heavy atom. The Bertz CT molecular complexity index is 319. The summed E-state index contributed by atoms with van der Waals surface area (Å²) in [6.07, 6.45) is 9.21. The SMILES string of the molecule is c1nn(C2CCCOC2)cc1C1CCCNC1. The molecule has 94 valence electrons. The van der Waals surface area contributed by atoms with Crippen molar-refractivity contribution in [3.63, 3.8) is 0 Å². The van der Waals surface area contributed by atoms with Crippen molar-refractivity contribution < 1.29 is 4.74 Å². The summed E-state index contributed by atoms with van der Waals surface area (Å²) in [4.78, 5) is 0.